The molecule has 178 valence electrons. The minimum absolute atomic E-state index is 0.0373. The van der Waals surface area contributed by atoms with Gasteiger partial charge >= 0.3 is 5.97 Å². The predicted octanol–water partition coefficient (Wildman–Crippen LogP) is 5.23. The number of ketones is 1. The minimum Gasteiger partial charge on any atom is -0.463 e. The first-order chi connectivity index (χ1) is 15.5. The molecule has 1 aliphatic carbocycles. The van der Waals surface area contributed by atoms with E-state index in [0.29, 0.717) is 25.7 Å². The lowest BCUT2D eigenvalue weighted by Gasteiger charge is -2.20. The molecule has 1 aromatic rings. The molecule has 4 atom stereocenters. The van der Waals surface area contributed by atoms with Gasteiger partial charge in [-0.2, -0.15) is 0 Å². The van der Waals surface area contributed by atoms with Gasteiger partial charge in [-0.05, 0) is 42.7 Å². The Kier molecular flexibility index (Phi) is 12.0. The summed E-state index contributed by atoms with van der Waals surface area (Å²) < 4.78 is 4.83. The van der Waals surface area contributed by atoms with Crippen molar-refractivity contribution >= 4 is 23.4 Å². The van der Waals surface area contributed by atoms with Gasteiger partial charge in [0, 0.05) is 24.1 Å². The van der Waals surface area contributed by atoms with Crippen LogP contribution in [-0.4, -0.2) is 40.6 Å². The normalized spacial score (nSPS) is 21.9. The molecule has 2 rings (SSSR count). The lowest BCUT2D eigenvalue weighted by Crippen LogP contribution is -2.16. The lowest BCUT2D eigenvalue weighted by molar-refractivity contribution is -0.144. The van der Waals surface area contributed by atoms with Crippen molar-refractivity contribution in [3.63, 3.8) is 0 Å². The molecule has 0 bridgehead atoms. The van der Waals surface area contributed by atoms with Crippen LogP contribution in [-0.2, 0) is 14.3 Å². The molecule has 1 aromatic carbocycles. The first-order valence-corrected chi connectivity index (χ1v) is 12.3. The van der Waals surface area contributed by atoms with Crippen molar-refractivity contribution in [3.05, 3.63) is 47.5 Å². The molecule has 1 aliphatic rings. The Morgan fingerprint density at radius 2 is 1.97 bits per heavy atom. The van der Waals surface area contributed by atoms with Crippen LogP contribution in [0.25, 0.3) is 0 Å². The predicted molar refractivity (Wildman–Crippen MR) is 127 cm³/mol. The largest absolute Gasteiger partial charge is 0.463 e. The van der Waals surface area contributed by atoms with E-state index in [1.807, 2.05) is 30.3 Å². The van der Waals surface area contributed by atoms with Crippen LogP contribution in [0.15, 0.2) is 36.4 Å². The fraction of sp³-hybridized carbons (Fsp3) is 0.615. The van der Waals surface area contributed by atoms with Crippen molar-refractivity contribution < 1.29 is 24.5 Å². The van der Waals surface area contributed by atoms with Crippen LogP contribution in [0.3, 0.4) is 0 Å². The number of alkyl halides is 1. The zero-order chi connectivity index (χ0) is 23.3. The number of unbranched alkanes of at least 4 members (excludes halogenated alkanes) is 3. The Labute approximate surface area is 196 Å². The third-order valence-electron chi connectivity index (χ3n) is 6.08. The molecule has 0 aliphatic heterocycles. The van der Waals surface area contributed by atoms with Crippen LogP contribution in [0.1, 0.15) is 87.9 Å². The summed E-state index contributed by atoms with van der Waals surface area (Å²) in [6, 6.07) is 7.79. The van der Waals surface area contributed by atoms with Crippen LogP contribution < -0.4 is 0 Å². The van der Waals surface area contributed by atoms with E-state index in [0.717, 1.165) is 43.2 Å². The van der Waals surface area contributed by atoms with Crippen LogP contribution in [0.5, 0.6) is 0 Å². The maximum atomic E-state index is 12.7. The quantitative estimate of drug-likeness (QED) is 0.170. The van der Waals surface area contributed by atoms with E-state index in [1.54, 1.807) is 0 Å². The molecule has 0 heterocycles. The number of carbonyl (C=O) groups is 2. The number of hydrogen-bond donors (Lipinski definition) is 2. The molecule has 2 N–H and O–H groups in total. The van der Waals surface area contributed by atoms with Gasteiger partial charge in [0.15, 0.2) is 0 Å². The van der Waals surface area contributed by atoms with Gasteiger partial charge in [-0.15, -0.1) is 11.6 Å². The standard InChI is InChI=1S/C26H37ClO5/c1-2-3-6-10-23(29)19-12-14-20(15-13-19)26-21(22(27)18-24(26)30)9-7-4-5-8-11-25(31)32-17-16-28/h4,7,12-15,21-23,26,28-29H,2-3,5-6,8-11,16-18H2,1H3/t21-,22+,23?,26+/m0/s1. The summed E-state index contributed by atoms with van der Waals surface area (Å²) in [4.78, 5) is 24.1. The third-order valence-corrected chi connectivity index (χ3v) is 6.56. The molecule has 1 saturated carbocycles. The first kappa shape index (κ1) is 26.6. The smallest absolute Gasteiger partial charge is 0.305 e. The van der Waals surface area contributed by atoms with Crippen molar-refractivity contribution in [2.24, 2.45) is 5.92 Å². The molecule has 1 fully saturated rings. The first-order valence-electron chi connectivity index (χ1n) is 11.8. The summed E-state index contributed by atoms with van der Waals surface area (Å²) in [6.07, 6.45) is 10.5. The van der Waals surface area contributed by atoms with E-state index in [-0.39, 0.29) is 42.2 Å². The van der Waals surface area contributed by atoms with Gasteiger partial charge in [-0.3, -0.25) is 9.59 Å². The van der Waals surface area contributed by atoms with Gasteiger partial charge in [0.05, 0.1) is 12.7 Å². The van der Waals surface area contributed by atoms with Gasteiger partial charge < -0.3 is 14.9 Å². The van der Waals surface area contributed by atoms with Gasteiger partial charge in [0.1, 0.15) is 12.4 Å². The number of halogens is 1. The molecule has 1 unspecified atom stereocenters. The topological polar surface area (TPSA) is 83.8 Å². The van der Waals surface area contributed by atoms with E-state index in [1.165, 1.54) is 0 Å². The average Bonchev–Trinajstić information content (AvgIpc) is 3.07. The van der Waals surface area contributed by atoms with Gasteiger partial charge in [-0.25, -0.2) is 0 Å². The molecule has 0 aromatic heterocycles. The number of aliphatic hydroxyl groups excluding tert-OH is 2. The lowest BCUT2D eigenvalue weighted by atomic mass is 9.85. The van der Waals surface area contributed by atoms with Gasteiger partial charge in [-0.1, -0.05) is 62.6 Å². The number of allylic oxidation sites excluding steroid dienone is 2. The fourth-order valence-corrected chi connectivity index (χ4v) is 4.68. The van der Waals surface area contributed by atoms with Crippen molar-refractivity contribution in [1.82, 2.24) is 0 Å². The summed E-state index contributed by atoms with van der Waals surface area (Å²) in [5.41, 5.74) is 1.86. The van der Waals surface area contributed by atoms with Crippen LogP contribution in [0, 0.1) is 5.92 Å². The fourth-order valence-electron chi connectivity index (χ4n) is 4.28. The summed E-state index contributed by atoms with van der Waals surface area (Å²) in [5.74, 6) is -0.308. The monoisotopic (exact) mass is 464 g/mol. The second kappa shape index (κ2) is 14.5. The Morgan fingerprint density at radius 3 is 2.66 bits per heavy atom. The highest BCUT2D eigenvalue weighted by molar-refractivity contribution is 6.23. The van der Waals surface area contributed by atoms with Crippen LogP contribution in [0.4, 0.5) is 0 Å². The number of esters is 1. The molecule has 0 spiro atoms. The van der Waals surface area contributed by atoms with E-state index in [9.17, 15) is 14.7 Å². The Hall–Kier alpha value is -1.69. The second-order valence-electron chi connectivity index (χ2n) is 8.55. The molecular weight excluding hydrogens is 428 g/mol. The Bertz CT molecular complexity index is 730. The van der Waals surface area contributed by atoms with Crippen molar-refractivity contribution in [2.45, 2.75) is 82.1 Å². The average molecular weight is 465 g/mol. The highest BCUT2D eigenvalue weighted by Gasteiger charge is 2.41. The van der Waals surface area contributed by atoms with Gasteiger partial charge in [0.2, 0.25) is 0 Å². The van der Waals surface area contributed by atoms with Gasteiger partial charge in [0.25, 0.3) is 0 Å². The molecule has 6 heteroatoms. The van der Waals surface area contributed by atoms with Crippen LogP contribution >= 0.6 is 11.6 Å². The number of rotatable bonds is 14. The van der Waals surface area contributed by atoms with Crippen molar-refractivity contribution in [3.8, 4) is 0 Å². The highest BCUT2D eigenvalue weighted by atomic mass is 35.5. The summed E-state index contributed by atoms with van der Waals surface area (Å²) >= 11 is 6.52. The molecular formula is C26H37ClO5. The third kappa shape index (κ3) is 8.34. The maximum absolute atomic E-state index is 12.7. The van der Waals surface area contributed by atoms with E-state index >= 15 is 0 Å². The second-order valence-corrected chi connectivity index (χ2v) is 9.11. The Balaban J connectivity index is 1.88. The summed E-state index contributed by atoms with van der Waals surface area (Å²) in [5, 5.41) is 18.8. The minimum atomic E-state index is -0.463. The molecule has 32 heavy (non-hydrogen) atoms. The highest BCUT2D eigenvalue weighted by Crippen LogP contribution is 2.42. The van der Waals surface area contributed by atoms with E-state index in [2.05, 4.69) is 13.0 Å². The number of carbonyl (C=O) groups excluding carboxylic acids is 2. The maximum Gasteiger partial charge on any atom is 0.305 e. The zero-order valence-corrected chi connectivity index (χ0v) is 19.8. The number of hydrogen-bond acceptors (Lipinski definition) is 5. The molecule has 5 nitrogen and oxygen atoms in total. The number of Topliss-reactive ketones (excluding diaryl/α,β-unsaturated/α-hetero) is 1. The zero-order valence-electron chi connectivity index (χ0n) is 19.0. The molecule has 0 amide bonds. The Morgan fingerprint density at radius 1 is 1.22 bits per heavy atom. The van der Waals surface area contributed by atoms with E-state index < -0.39 is 6.10 Å². The summed E-state index contributed by atoms with van der Waals surface area (Å²) in [7, 11) is 0. The molecule has 0 radical (unpaired) electrons. The number of benzene rings is 1. The summed E-state index contributed by atoms with van der Waals surface area (Å²) in [6.45, 7) is 2.03. The molecule has 0 saturated heterocycles. The van der Waals surface area contributed by atoms with E-state index in [4.69, 9.17) is 21.4 Å². The number of aliphatic hydroxyl groups is 2. The van der Waals surface area contributed by atoms with Crippen LogP contribution in [0.2, 0.25) is 0 Å². The number of ether oxygens (including phenoxy) is 1. The SMILES string of the molecule is CCCCCC(O)c1ccc([C@H]2C(=O)C[C@@H](Cl)[C@@H]2CC=CCCCC(=O)OCCO)cc1. The van der Waals surface area contributed by atoms with Crippen molar-refractivity contribution in [2.75, 3.05) is 13.2 Å². The van der Waals surface area contributed by atoms with Crippen molar-refractivity contribution in [1.29, 1.82) is 0 Å².